The zero-order chi connectivity index (χ0) is 28.3. The fourth-order valence-corrected chi connectivity index (χ4v) is 4.05. The van der Waals surface area contributed by atoms with Crippen molar-refractivity contribution < 1.29 is 23.6 Å². The first-order valence-corrected chi connectivity index (χ1v) is 12.7. The number of aryl methyl sites for hydroxylation is 1. The van der Waals surface area contributed by atoms with Crippen LogP contribution in [-0.4, -0.2) is 37.7 Å². The summed E-state index contributed by atoms with van der Waals surface area (Å²) in [6.07, 6.45) is 0.779. The predicted octanol–water partition coefficient (Wildman–Crippen LogP) is 5.67. The second kappa shape index (κ2) is 13.6. The summed E-state index contributed by atoms with van der Waals surface area (Å²) < 4.78 is 16.2. The van der Waals surface area contributed by atoms with Gasteiger partial charge in [0.2, 0.25) is 0 Å². The number of hydrogen-bond acceptors (Lipinski definition) is 9. The number of aromatic nitrogens is 1. The number of nitrogens with one attached hydrogen (secondary N) is 1. The molecule has 1 heterocycles. The summed E-state index contributed by atoms with van der Waals surface area (Å²) in [6, 6.07) is 24.9. The summed E-state index contributed by atoms with van der Waals surface area (Å²) in [7, 11) is 2.87. The number of carbonyl (C=O) groups is 1. The maximum atomic E-state index is 11.6. The largest absolute Gasteiger partial charge is 0.487 e. The lowest BCUT2D eigenvalue weighted by molar-refractivity contribution is -0.140. The van der Waals surface area contributed by atoms with Crippen LogP contribution in [0.5, 0.6) is 5.75 Å². The lowest BCUT2D eigenvalue weighted by Gasteiger charge is -2.11. The Balaban J connectivity index is 1.31. The first-order chi connectivity index (χ1) is 19.5. The molecule has 0 aliphatic carbocycles. The van der Waals surface area contributed by atoms with E-state index in [2.05, 4.69) is 21.7 Å². The number of hydrogen-bond donors (Lipinski definition) is 1. The monoisotopic (exact) mass is 538 g/mol. The second-order valence-electron chi connectivity index (χ2n) is 8.93. The van der Waals surface area contributed by atoms with Crippen molar-refractivity contribution in [1.82, 2.24) is 5.16 Å². The van der Waals surface area contributed by atoms with Gasteiger partial charge in [-0.05, 0) is 67.4 Å². The molecule has 0 aliphatic heterocycles. The van der Waals surface area contributed by atoms with Gasteiger partial charge in [0.1, 0.15) is 25.2 Å². The van der Waals surface area contributed by atoms with E-state index in [0.29, 0.717) is 35.8 Å². The molecule has 0 spiro atoms. The number of nitriles is 1. The van der Waals surface area contributed by atoms with Crippen molar-refractivity contribution in [3.05, 3.63) is 101 Å². The third-order valence-corrected chi connectivity index (χ3v) is 6.28. The zero-order valence-corrected chi connectivity index (χ0v) is 22.6. The number of rotatable bonds is 12. The molecular formula is C31H30N4O5. The van der Waals surface area contributed by atoms with Crippen LogP contribution in [0, 0.1) is 18.3 Å². The van der Waals surface area contributed by atoms with Crippen LogP contribution in [0.4, 0.5) is 5.69 Å². The summed E-state index contributed by atoms with van der Waals surface area (Å²) in [5.41, 5.74) is 6.64. The average Bonchev–Trinajstić information content (AvgIpc) is 3.37. The molecule has 9 nitrogen and oxygen atoms in total. The highest BCUT2D eigenvalue weighted by atomic mass is 16.6. The molecule has 0 atom stereocenters. The predicted molar refractivity (Wildman–Crippen MR) is 151 cm³/mol. The Bertz CT molecular complexity index is 1480. The van der Waals surface area contributed by atoms with Gasteiger partial charge in [-0.2, -0.15) is 5.26 Å². The van der Waals surface area contributed by atoms with Crippen LogP contribution in [0.3, 0.4) is 0 Å². The zero-order valence-electron chi connectivity index (χ0n) is 22.6. The third-order valence-electron chi connectivity index (χ3n) is 6.28. The molecule has 0 radical (unpaired) electrons. The number of ether oxygens (including phenoxy) is 2. The van der Waals surface area contributed by atoms with Crippen LogP contribution in [0.1, 0.15) is 34.4 Å². The lowest BCUT2D eigenvalue weighted by Crippen LogP contribution is -2.13. The van der Waals surface area contributed by atoms with E-state index in [1.165, 1.54) is 14.2 Å². The third kappa shape index (κ3) is 7.26. The van der Waals surface area contributed by atoms with Gasteiger partial charge >= 0.3 is 5.97 Å². The van der Waals surface area contributed by atoms with Crippen molar-refractivity contribution in [3.63, 3.8) is 0 Å². The Hall–Kier alpha value is -5.10. The number of oxime groups is 1. The molecule has 40 heavy (non-hydrogen) atoms. The standard InChI is InChI=1S/C31H30N4O5/c1-21-28(16-17-30(36)37-2)31(40-34-21)25-10-12-26(13-11-25)33-19-23-6-14-27(15-7-23)39-20-29(35-38-3)24-8-4-22(18-32)5-9-24/h4-15,33H,16-17,19-20H2,1-3H3/b35-29+. The maximum Gasteiger partial charge on any atom is 0.305 e. The minimum absolute atomic E-state index is 0.221. The summed E-state index contributed by atoms with van der Waals surface area (Å²) in [5, 5.41) is 20.6. The summed E-state index contributed by atoms with van der Waals surface area (Å²) in [5.74, 6) is 1.11. The Morgan fingerprint density at radius 1 is 1.02 bits per heavy atom. The van der Waals surface area contributed by atoms with Gasteiger partial charge in [-0.25, -0.2) is 0 Å². The van der Waals surface area contributed by atoms with Crippen LogP contribution >= 0.6 is 0 Å². The minimum Gasteiger partial charge on any atom is -0.487 e. The van der Waals surface area contributed by atoms with Gasteiger partial charge in [-0.3, -0.25) is 4.79 Å². The summed E-state index contributed by atoms with van der Waals surface area (Å²) >= 11 is 0. The molecule has 204 valence electrons. The molecule has 0 bridgehead atoms. The van der Waals surface area contributed by atoms with Crippen LogP contribution in [0.15, 0.2) is 82.5 Å². The Morgan fingerprint density at radius 3 is 2.40 bits per heavy atom. The Labute approximate surface area is 233 Å². The molecule has 1 aromatic heterocycles. The van der Waals surface area contributed by atoms with Crippen molar-refractivity contribution in [2.75, 3.05) is 26.1 Å². The van der Waals surface area contributed by atoms with Crippen LogP contribution < -0.4 is 10.1 Å². The molecule has 0 amide bonds. The van der Waals surface area contributed by atoms with Crippen LogP contribution in [-0.2, 0) is 27.3 Å². The lowest BCUT2D eigenvalue weighted by atomic mass is 10.0. The number of methoxy groups -OCH3 is 1. The highest BCUT2D eigenvalue weighted by molar-refractivity contribution is 6.01. The van der Waals surface area contributed by atoms with Crippen molar-refractivity contribution >= 4 is 17.4 Å². The van der Waals surface area contributed by atoms with E-state index in [9.17, 15) is 4.79 Å². The maximum absolute atomic E-state index is 11.6. The number of carbonyl (C=O) groups excluding carboxylic acids is 1. The fourth-order valence-electron chi connectivity index (χ4n) is 4.05. The average molecular weight is 539 g/mol. The minimum atomic E-state index is -0.265. The molecule has 1 N–H and O–H groups in total. The van der Waals surface area contributed by atoms with E-state index in [1.54, 1.807) is 12.1 Å². The first kappa shape index (κ1) is 27.9. The second-order valence-corrected chi connectivity index (χ2v) is 8.93. The Kier molecular flexibility index (Phi) is 9.51. The van der Waals surface area contributed by atoms with E-state index in [-0.39, 0.29) is 19.0 Å². The van der Waals surface area contributed by atoms with E-state index >= 15 is 0 Å². The van der Waals surface area contributed by atoms with Crippen LogP contribution in [0.2, 0.25) is 0 Å². The quantitative estimate of drug-likeness (QED) is 0.139. The van der Waals surface area contributed by atoms with E-state index in [4.69, 9.17) is 24.1 Å². The van der Waals surface area contributed by atoms with Crippen molar-refractivity contribution in [2.24, 2.45) is 5.16 Å². The molecule has 0 saturated carbocycles. The molecule has 0 aliphatic rings. The van der Waals surface area contributed by atoms with Crippen molar-refractivity contribution in [3.8, 4) is 23.1 Å². The SMILES string of the molecule is CO/N=C(\COc1ccc(CNc2ccc(-c3onc(C)c3CCC(=O)OC)cc2)cc1)c1ccc(C#N)cc1. The summed E-state index contributed by atoms with van der Waals surface area (Å²) in [4.78, 5) is 16.5. The molecule has 3 aromatic carbocycles. The van der Waals surface area contributed by atoms with Gasteiger partial charge in [0.25, 0.3) is 0 Å². The highest BCUT2D eigenvalue weighted by Crippen LogP contribution is 2.28. The van der Waals surface area contributed by atoms with E-state index in [0.717, 1.165) is 33.6 Å². The van der Waals surface area contributed by atoms with Gasteiger partial charge in [-0.1, -0.05) is 34.6 Å². The van der Waals surface area contributed by atoms with Crippen LogP contribution in [0.25, 0.3) is 11.3 Å². The fraction of sp³-hybridized carbons (Fsp3) is 0.226. The van der Waals surface area contributed by atoms with E-state index < -0.39 is 0 Å². The van der Waals surface area contributed by atoms with Crippen molar-refractivity contribution in [1.29, 1.82) is 5.26 Å². The van der Waals surface area contributed by atoms with Gasteiger partial charge in [0.05, 0.1) is 24.4 Å². The molecule has 9 heteroatoms. The molecule has 4 rings (SSSR count). The van der Waals surface area contributed by atoms with Gasteiger partial charge in [0.15, 0.2) is 5.76 Å². The summed E-state index contributed by atoms with van der Waals surface area (Å²) in [6.45, 7) is 2.72. The molecule has 0 fully saturated rings. The van der Waals surface area contributed by atoms with Gasteiger partial charge < -0.3 is 24.2 Å². The van der Waals surface area contributed by atoms with Crippen molar-refractivity contribution in [2.45, 2.75) is 26.3 Å². The number of anilines is 1. The van der Waals surface area contributed by atoms with Gasteiger partial charge in [0, 0.05) is 35.3 Å². The van der Waals surface area contributed by atoms with E-state index in [1.807, 2.05) is 67.6 Å². The van der Waals surface area contributed by atoms with Gasteiger partial charge in [-0.15, -0.1) is 0 Å². The molecular weight excluding hydrogens is 508 g/mol. The molecule has 0 unspecified atom stereocenters. The highest BCUT2D eigenvalue weighted by Gasteiger charge is 2.16. The topological polar surface area (TPSA) is 119 Å². The number of esters is 1. The number of benzene rings is 3. The normalized spacial score (nSPS) is 11.0. The first-order valence-electron chi connectivity index (χ1n) is 12.7. The number of nitrogens with zero attached hydrogens (tertiary/aromatic N) is 3. The Morgan fingerprint density at radius 2 is 1.75 bits per heavy atom. The molecule has 0 saturated heterocycles. The smallest absolute Gasteiger partial charge is 0.305 e. The molecule has 4 aromatic rings.